The molecule has 1 aliphatic heterocycles. The number of hydrogen-bond acceptors (Lipinski definition) is 2. The minimum absolute atomic E-state index is 0.0359. The van der Waals surface area contributed by atoms with Crippen LogP contribution in [0.1, 0.15) is 29.7 Å². The van der Waals surface area contributed by atoms with Crippen LogP contribution in [0, 0.1) is 0 Å². The molecule has 8 heteroatoms. The predicted octanol–water partition coefficient (Wildman–Crippen LogP) is 4.88. The molecule has 1 unspecified atom stereocenters. The summed E-state index contributed by atoms with van der Waals surface area (Å²) in [7, 11) is 0. The smallest absolute Gasteiger partial charge is 0.362 e. The minimum Gasteiger partial charge on any atom is -0.362 e. The Hall–Kier alpha value is -2.25. The number of urea groups is 1. The fraction of sp³-hybridized carbons (Fsp3) is 0.350. The zero-order valence-electron chi connectivity index (χ0n) is 15.2. The molecule has 1 heterocycles. The van der Waals surface area contributed by atoms with Gasteiger partial charge in [-0.05, 0) is 36.2 Å². The quantitative estimate of drug-likeness (QED) is 0.760. The van der Waals surface area contributed by atoms with E-state index in [1.165, 1.54) is 12.1 Å². The van der Waals surface area contributed by atoms with Crippen molar-refractivity contribution in [2.45, 2.75) is 25.3 Å². The number of hydrogen-bond donors (Lipinski definition) is 1. The molecule has 0 spiro atoms. The monoisotopic (exact) mass is 412 g/mol. The molecule has 1 atom stereocenters. The van der Waals surface area contributed by atoms with Crippen LogP contribution in [0.15, 0.2) is 48.5 Å². The van der Waals surface area contributed by atoms with Crippen LogP contribution in [0.3, 0.4) is 0 Å². The second-order valence-corrected chi connectivity index (χ2v) is 6.95. The summed E-state index contributed by atoms with van der Waals surface area (Å²) in [5.41, 5.74) is -0.138. The summed E-state index contributed by atoms with van der Waals surface area (Å²) < 4.78 is 46.6. The third-order valence-electron chi connectivity index (χ3n) is 4.51. The van der Waals surface area contributed by atoms with Crippen LogP contribution >= 0.6 is 11.6 Å². The summed E-state index contributed by atoms with van der Waals surface area (Å²) in [6, 6.07) is 11.7. The zero-order valence-corrected chi connectivity index (χ0v) is 15.9. The van der Waals surface area contributed by atoms with Crippen molar-refractivity contribution in [1.29, 1.82) is 0 Å². The lowest BCUT2D eigenvalue weighted by molar-refractivity contribution is -0.140. The van der Waals surface area contributed by atoms with Gasteiger partial charge in [-0.1, -0.05) is 41.9 Å². The number of alkyl halides is 3. The maximum Gasteiger partial charge on any atom is 0.416 e. The van der Waals surface area contributed by atoms with Gasteiger partial charge in [0.05, 0.1) is 24.8 Å². The molecule has 1 saturated heterocycles. The average molecular weight is 413 g/mol. The summed E-state index contributed by atoms with van der Waals surface area (Å²) in [5, 5.41) is 3.17. The number of amides is 2. The highest BCUT2D eigenvalue weighted by Gasteiger charge is 2.38. The van der Waals surface area contributed by atoms with Gasteiger partial charge < -0.3 is 15.0 Å². The molecule has 0 aliphatic carbocycles. The molecule has 150 valence electrons. The predicted molar refractivity (Wildman–Crippen MR) is 100 cm³/mol. The molecule has 0 radical (unpaired) electrons. The zero-order chi connectivity index (χ0) is 20.3. The highest BCUT2D eigenvalue weighted by atomic mass is 35.5. The van der Waals surface area contributed by atoms with Crippen molar-refractivity contribution in [3.05, 3.63) is 70.2 Å². The van der Waals surface area contributed by atoms with Crippen molar-refractivity contribution in [1.82, 2.24) is 10.2 Å². The highest BCUT2D eigenvalue weighted by Crippen LogP contribution is 2.39. The molecule has 4 nitrogen and oxygen atoms in total. The number of carbonyl (C=O) groups excluding carboxylic acids is 1. The molecule has 2 amide bonds. The molecule has 2 aromatic rings. The van der Waals surface area contributed by atoms with Gasteiger partial charge >= 0.3 is 12.2 Å². The minimum atomic E-state index is -4.50. The van der Waals surface area contributed by atoms with Crippen LogP contribution in [0.2, 0.25) is 5.02 Å². The molecular formula is C20H20ClF3N2O2. The Labute approximate surface area is 166 Å². The van der Waals surface area contributed by atoms with Gasteiger partial charge in [0, 0.05) is 11.6 Å². The van der Waals surface area contributed by atoms with Gasteiger partial charge in [-0.15, -0.1) is 0 Å². The Morgan fingerprint density at radius 3 is 2.46 bits per heavy atom. The van der Waals surface area contributed by atoms with Gasteiger partial charge in [0.2, 0.25) is 0 Å². The first-order valence-electron chi connectivity index (χ1n) is 8.89. The number of benzene rings is 2. The Bertz CT molecular complexity index is 821. The number of nitrogens with one attached hydrogen (secondary N) is 1. The Morgan fingerprint density at radius 2 is 1.86 bits per heavy atom. The summed E-state index contributed by atoms with van der Waals surface area (Å²) in [6.45, 7) is 2.97. The van der Waals surface area contributed by atoms with Crippen molar-refractivity contribution in [2.24, 2.45) is 0 Å². The largest absolute Gasteiger partial charge is 0.416 e. The molecule has 0 saturated carbocycles. The van der Waals surface area contributed by atoms with Crippen molar-refractivity contribution in [3.8, 4) is 0 Å². The lowest BCUT2D eigenvalue weighted by atomic mass is 9.95. The van der Waals surface area contributed by atoms with E-state index < -0.39 is 17.8 Å². The third-order valence-corrected chi connectivity index (χ3v) is 4.77. The summed E-state index contributed by atoms with van der Waals surface area (Å²) in [4.78, 5) is 13.4. The SMILES string of the molecule is CCNC(=O)N1CC(OC(c2ccc(Cl)cc2)c2ccccc2C(F)(F)F)C1. The summed E-state index contributed by atoms with van der Waals surface area (Å²) in [6.07, 6.45) is -5.78. The molecule has 1 N–H and O–H groups in total. The molecule has 2 aromatic carbocycles. The third kappa shape index (κ3) is 4.59. The fourth-order valence-corrected chi connectivity index (χ4v) is 3.22. The summed E-state index contributed by atoms with van der Waals surface area (Å²) >= 11 is 5.92. The molecule has 0 bridgehead atoms. The maximum absolute atomic E-state index is 13.5. The van der Waals surface area contributed by atoms with Gasteiger partial charge in [0.1, 0.15) is 6.10 Å². The van der Waals surface area contributed by atoms with Gasteiger partial charge in [-0.2, -0.15) is 13.2 Å². The molecular weight excluding hydrogens is 393 g/mol. The molecule has 28 heavy (non-hydrogen) atoms. The van der Waals surface area contributed by atoms with Crippen LogP contribution in [-0.4, -0.2) is 36.7 Å². The lowest BCUT2D eigenvalue weighted by Crippen LogP contribution is -2.57. The molecule has 1 aliphatic rings. The number of likely N-dealkylation sites (tertiary alicyclic amines) is 1. The fourth-order valence-electron chi connectivity index (χ4n) is 3.10. The van der Waals surface area contributed by atoms with Crippen LogP contribution < -0.4 is 5.32 Å². The van der Waals surface area contributed by atoms with Crippen LogP contribution in [0.25, 0.3) is 0 Å². The standard InChI is InChI=1S/C20H20ClF3N2O2/c1-2-25-19(27)26-11-15(12-26)28-18(13-7-9-14(21)10-8-13)16-5-3-4-6-17(16)20(22,23)24/h3-10,15,18H,2,11-12H2,1H3,(H,25,27). The number of rotatable bonds is 5. The van der Waals surface area contributed by atoms with E-state index in [9.17, 15) is 18.0 Å². The van der Waals surface area contributed by atoms with Crippen molar-refractivity contribution in [3.63, 3.8) is 0 Å². The van der Waals surface area contributed by atoms with E-state index in [1.54, 1.807) is 35.2 Å². The van der Waals surface area contributed by atoms with Crippen LogP contribution in [0.4, 0.5) is 18.0 Å². The maximum atomic E-state index is 13.5. The second-order valence-electron chi connectivity index (χ2n) is 6.52. The van der Waals surface area contributed by atoms with E-state index in [0.717, 1.165) is 6.07 Å². The highest BCUT2D eigenvalue weighted by molar-refractivity contribution is 6.30. The van der Waals surface area contributed by atoms with Crippen molar-refractivity contribution < 1.29 is 22.7 Å². The summed E-state index contributed by atoms with van der Waals surface area (Å²) in [5.74, 6) is 0. The Kier molecular flexibility index (Phi) is 6.15. The van der Waals surface area contributed by atoms with Crippen LogP contribution in [-0.2, 0) is 10.9 Å². The Morgan fingerprint density at radius 1 is 1.21 bits per heavy atom. The van der Waals surface area contributed by atoms with E-state index in [4.69, 9.17) is 16.3 Å². The van der Waals surface area contributed by atoms with E-state index in [0.29, 0.717) is 30.2 Å². The van der Waals surface area contributed by atoms with E-state index in [2.05, 4.69) is 5.32 Å². The van der Waals surface area contributed by atoms with Crippen LogP contribution in [0.5, 0.6) is 0 Å². The van der Waals surface area contributed by atoms with Gasteiger partial charge in [0.15, 0.2) is 0 Å². The molecule has 3 rings (SSSR count). The lowest BCUT2D eigenvalue weighted by Gasteiger charge is -2.40. The van der Waals surface area contributed by atoms with Gasteiger partial charge in [0.25, 0.3) is 0 Å². The molecule has 1 fully saturated rings. The first kappa shape index (κ1) is 20.5. The van der Waals surface area contributed by atoms with Gasteiger partial charge in [-0.25, -0.2) is 4.79 Å². The average Bonchev–Trinajstić information content (AvgIpc) is 2.61. The van der Waals surface area contributed by atoms with Crippen molar-refractivity contribution in [2.75, 3.05) is 19.6 Å². The van der Waals surface area contributed by atoms with Crippen molar-refractivity contribution >= 4 is 17.6 Å². The van der Waals surface area contributed by atoms with E-state index in [1.807, 2.05) is 6.92 Å². The number of nitrogens with zero attached hydrogens (tertiary/aromatic N) is 1. The number of halogens is 4. The first-order valence-corrected chi connectivity index (χ1v) is 9.27. The van der Waals surface area contributed by atoms with E-state index in [-0.39, 0.29) is 17.7 Å². The van der Waals surface area contributed by atoms with E-state index >= 15 is 0 Å². The molecule has 0 aromatic heterocycles. The number of ether oxygens (including phenoxy) is 1. The van der Waals surface area contributed by atoms with Gasteiger partial charge in [-0.3, -0.25) is 0 Å². The Balaban J connectivity index is 1.86. The topological polar surface area (TPSA) is 41.6 Å². The normalized spacial score (nSPS) is 15.8. The number of carbonyl (C=O) groups is 1. The first-order chi connectivity index (χ1) is 13.3. The second kappa shape index (κ2) is 8.41.